The molecule has 0 fully saturated rings. The highest BCUT2D eigenvalue weighted by Gasteiger charge is 2.17. The van der Waals surface area contributed by atoms with E-state index in [-0.39, 0.29) is 16.6 Å². The van der Waals surface area contributed by atoms with Gasteiger partial charge >= 0.3 is 6.09 Å². The van der Waals surface area contributed by atoms with E-state index >= 15 is 0 Å². The number of nitrogens with zero attached hydrogens (tertiary/aromatic N) is 1. The van der Waals surface area contributed by atoms with E-state index in [1.807, 2.05) is 49.3 Å². The Labute approximate surface area is 197 Å². The van der Waals surface area contributed by atoms with Crippen LogP contribution in [0, 0.1) is 5.41 Å². The van der Waals surface area contributed by atoms with E-state index in [4.69, 9.17) is 17.6 Å². The van der Waals surface area contributed by atoms with Crippen molar-refractivity contribution in [2.45, 2.75) is 0 Å². The van der Waals surface area contributed by atoms with Crippen LogP contribution in [0.3, 0.4) is 0 Å². The third kappa shape index (κ3) is 5.81. The first-order chi connectivity index (χ1) is 15.8. The fraction of sp³-hybridized carbons (Fsp3) is 0.120. The predicted octanol–water partition coefficient (Wildman–Crippen LogP) is 4.45. The summed E-state index contributed by atoms with van der Waals surface area (Å²) in [4.78, 5) is 26.5. The molecule has 0 saturated carbocycles. The number of alkyl carbamates (subject to hydrolysis) is 1. The van der Waals surface area contributed by atoms with Crippen LogP contribution in [-0.4, -0.2) is 43.9 Å². The van der Waals surface area contributed by atoms with Gasteiger partial charge in [-0.25, -0.2) is 4.79 Å². The van der Waals surface area contributed by atoms with Gasteiger partial charge in [0.05, 0.1) is 12.8 Å². The molecule has 0 spiro atoms. The van der Waals surface area contributed by atoms with E-state index < -0.39 is 6.09 Å². The first kappa shape index (κ1) is 23.6. The van der Waals surface area contributed by atoms with Crippen molar-refractivity contribution in [3.05, 3.63) is 95.1 Å². The van der Waals surface area contributed by atoms with Crippen LogP contribution in [0.2, 0.25) is 0 Å². The molecule has 3 aromatic rings. The van der Waals surface area contributed by atoms with Crippen molar-refractivity contribution in [1.29, 1.82) is 5.41 Å². The molecule has 0 aliphatic heterocycles. The number of methoxy groups -OCH3 is 1. The maximum absolute atomic E-state index is 13.0. The predicted molar refractivity (Wildman–Crippen MR) is 135 cm³/mol. The van der Waals surface area contributed by atoms with E-state index in [1.165, 1.54) is 7.11 Å². The quantitative estimate of drug-likeness (QED) is 0.286. The Morgan fingerprint density at radius 2 is 1.55 bits per heavy atom. The Bertz CT molecular complexity index is 1190. The average molecular weight is 461 g/mol. The van der Waals surface area contributed by atoms with Gasteiger partial charge in [0.25, 0.3) is 0 Å². The number of ketones is 1. The van der Waals surface area contributed by atoms with Gasteiger partial charge in [0, 0.05) is 47.7 Å². The Kier molecular flexibility index (Phi) is 7.53. The Balaban J connectivity index is 2.00. The van der Waals surface area contributed by atoms with E-state index in [0.717, 1.165) is 5.69 Å². The Morgan fingerprint density at radius 1 is 0.909 bits per heavy atom. The molecule has 8 heteroatoms. The minimum atomic E-state index is -0.709. The zero-order valence-electron chi connectivity index (χ0n) is 18.5. The Hall–Kier alpha value is -4.04. The van der Waals surface area contributed by atoms with E-state index in [2.05, 4.69) is 15.4 Å². The van der Waals surface area contributed by atoms with Crippen LogP contribution in [0.5, 0.6) is 0 Å². The van der Waals surface area contributed by atoms with Crippen molar-refractivity contribution in [2.75, 3.05) is 31.4 Å². The molecule has 0 aliphatic rings. The molecule has 0 aliphatic carbocycles. The van der Waals surface area contributed by atoms with Gasteiger partial charge in [-0.1, -0.05) is 42.5 Å². The molecule has 0 atom stereocenters. The zero-order valence-corrected chi connectivity index (χ0v) is 19.3. The minimum absolute atomic E-state index is 0.0148. The second-order valence-electron chi connectivity index (χ2n) is 7.34. The molecule has 7 nitrogen and oxygen atoms in total. The van der Waals surface area contributed by atoms with Crippen molar-refractivity contribution in [2.24, 2.45) is 0 Å². The van der Waals surface area contributed by atoms with Crippen LogP contribution in [0.4, 0.5) is 16.2 Å². The highest BCUT2D eigenvalue weighted by Crippen LogP contribution is 2.24. The summed E-state index contributed by atoms with van der Waals surface area (Å²) in [6.07, 6.45) is -0.709. The SMILES string of the molecule is COC(=O)NC(=S)Nc1ccc(C(=O)c2ccccc2)cc1C(=N)c1ccc(N(C)C)cc1. The number of anilines is 2. The van der Waals surface area contributed by atoms with Crippen LogP contribution < -0.4 is 15.5 Å². The van der Waals surface area contributed by atoms with Gasteiger partial charge in [-0.3, -0.25) is 15.5 Å². The lowest BCUT2D eigenvalue weighted by molar-refractivity contribution is 0.103. The van der Waals surface area contributed by atoms with Gasteiger partial charge in [-0.2, -0.15) is 0 Å². The van der Waals surface area contributed by atoms with E-state index in [9.17, 15) is 9.59 Å². The lowest BCUT2D eigenvalue weighted by atomic mass is 9.95. The van der Waals surface area contributed by atoms with Crippen molar-refractivity contribution < 1.29 is 14.3 Å². The van der Waals surface area contributed by atoms with Gasteiger partial charge in [-0.05, 0) is 42.5 Å². The monoisotopic (exact) mass is 460 g/mol. The molecule has 3 N–H and O–H groups in total. The second kappa shape index (κ2) is 10.5. The molecule has 0 aromatic heterocycles. The summed E-state index contributed by atoms with van der Waals surface area (Å²) in [7, 11) is 5.12. The largest absolute Gasteiger partial charge is 0.453 e. The number of rotatable bonds is 6. The summed E-state index contributed by atoms with van der Waals surface area (Å²) in [5.74, 6) is -0.158. The fourth-order valence-electron chi connectivity index (χ4n) is 3.14. The van der Waals surface area contributed by atoms with E-state index in [0.29, 0.717) is 27.9 Å². The number of ether oxygens (including phenoxy) is 1. The standard InChI is InChI=1S/C25H24N4O3S/c1-29(2)19-12-9-16(10-13-19)22(26)20-15-18(23(30)17-7-5-4-6-8-17)11-14-21(20)27-24(33)28-25(31)32-3/h4-15,26H,1-3H3,(H2,27,28,31,33). The molecule has 1 amide bonds. The highest BCUT2D eigenvalue weighted by molar-refractivity contribution is 7.80. The number of nitrogens with one attached hydrogen (secondary N) is 3. The van der Waals surface area contributed by atoms with Crippen LogP contribution in [0.1, 0.15) is 27.0 Å². The van der Waals surface area contributed by atoms with Gasteiger partial charge < -0.3 is 15.0 Å². The first-order valence-corrected chi connectivity index (χ1v) is 10.5. The summed E-state index contributed by atoms with van der Waals surface area (Å²) in [6.45, 7) is 0. The maximum atomic E-state index is 13.0. The lowest BCUT2D eigenvalue weighted by Crippen LogP contribution is -2.34. The lowest BCUT2D eigenvalue weighted by Gasteiger charge is -2.17. The number of thiocarbonyl (C=S) groups is 1. The molecule has 0 unspecified atom stereocenters. The summed E-state index contributed by atoms with van der Waals surface area (Å²) >= 11 is 5.18. The van der Waals surface area contributed by atoms with Crippen molar-refractivity contribution in [3.63, 3.8) is 0 Å². The molecule has 0 bridgehead atoms. The minimum Gasteiger partial charge on any atom is -0.453 e. The summed E-state index contributed by atoms with van der Waals surface area (Å²) in [5, 5.41) is 14.2. The molecule has 3 rings (SSSR count). The number of hydrogen-bond donors (Lipinski definition) is 3. The topological polar surface area (TPSA) is 94.5 Å². The molecule has 0 heterocycles. The van der Waals surface area contributed by atoms with Crippen LogP contribution >= 0.6 is 12.2 Å². The summed E-state index contributed by atoms with van der Waals surface area (Å²) in [6, 6.07) is 21.4. The summed E-state index contributed by atoms with van der Waals surface area (Å²) in [5.41, 5.74) is 3.79. The van der Waals surface area contributed by atoms with Gasteiger partial charge in [0.2, 0.25) is 0 Å². The normalized spacial score (nSPS) is 10.2. The number of carbonyl (C=O) groups excluding carboxylic acids is 2. The maximum Gasteiger partial charge on any atom is 0.413 e. The van der Waals surface area contributed by atoms with Gasteiger partial charge in [0.15, 0.2) is 10.9 Å². The highest BCUT2D eigenvalue weighted by atomic mass is 32.1. The van der Waals surface area contributed by atoms with Crippen molar-refractivity contribution >= 4 is 46.3 Å². The van der Waals surface area contributed by atoms with Gasteiger partial charge in [0.1, 0.15) is 0 Å². The Morgan fingerprint density at radius 3 is 2.15 bits per heavy atom. The van der Waals surface area contributed by atoms with Crippen molar-refractivity contribution in [1.82, 2.24) is 5.32 Å². The van der Waals surface area contributed by atoms with Crippen LogP contribution in [0.15, 0.2) is 72.8 Å². The fourth-order valence-corrected chi connectivity index (χ4v) is 3.33. The number of benzene rings is 3. The van der Waals surface area contributed by atoms with Gasteiger partial charge in [-0.15, -0.1) is 0 Å². The molecular weight excluding hydrogens is 436 g/mol. The zero-order chi connectivity index (χ0) is 24.0. The molecule has 3 aromatic carbocycles. The molecular formula is C25H24N4O3S. The molecule has 0 saturated heterocycles. The third-order valence-electron chi connectivity index (χ3n) is 4.91. The summed E-state index contributed by atoms with van der Waals surface area (Å²) < 4.78 is 4.57. The molecule has 33 heavy (non-hydrogen) atoms. The van der Waals surface area contributed by atoms with Crippen LogP contribution in [-0.2, 0) is 4.74 Å². The first-order valence-electron chi connectivity index (χ1n) is 10.1. The van der Waals surface area contributed by atoms with Crippen LogP contribution in [0.25, 0.3) is 0 Å². The number of hydrogen-bond acceptors (Lipinski definition) is 6. The third-order valence-corrected chi connectivity index (χ3v) is 5.11. The smallest absolute Gasteiger partial charge is 0.413 e. The van der Waals surface area contributed by atoms with E-state index in [1.54, 1.807) is 42.5 Å². The second-order valence-corrected chi connectivity index (χ2v) is 7.75. The molecule has 168 valence electrons. The number of carbonyl (C=O) groups is 2. The number of amides is 1. The van der Waals surface area contributed by atoms with Crippen molar-refractivity contribution in [3.8, 4) is 0 Å². The average Bonchev–Trinajstić information content (AvgIpc) is 2.83. The molecule has 0 radical (unpaired) electrons.